The van der Waals surface area contributed by atoms with Crippen LogP contribution in [0.1, 0.15) is 33.6 Å². The van der Waals surface area contributed by atoms with Gasteiger partial charge in [-0.2, -0.15) is 5.06 Å². The molecule has 0 radical (unpaired) electrons. The van der Waals surface area contributed by atoms with E-state index in [0.29, 0.717) is 0 Å². The van der Waals surface area contributed by atoms with Gasteiger partial charge < -0.3 is 10.1 Å². The molecule has 0 aliphatic carbocycles. The Kier molecular flexibility index (Phi) is 3.93. The van der Waals surface area contributed by atoms with E-state index in [2.05, 4.69) is 5.32 Å². The van der Waals surface area contributed by atoms with Gasteiger partial charge in [0.05, 0.1) is 6.04 Å². The Morgan fingerprint density at radius 3 is 2.40 bits per heavy atom. The predicted molar refractivity (Wildman–Crippen MR) is 55.8 cm³/mol. The highest BCUT2D eigenvalue weighted by molar-refractivity contribution is 5.67. The Morgan fingerprint density at radius 1 is 1.40 bits per heavy atom. The van der Waals surface area contributed by atoms with Crippen LogP contribution in [0.5, 0.6) is 0 Å². The topological polar surface area (TPSA) is 61.8 Å². The maximum atomic E-state index is 11.5. The van der Waals surface area contributed by atoms with E-state index in [9.17, 15) is 10.0 Å². The lowest BCUT2D eigenvalue weighted by atomic mass is 10.1. The molecule has 1 heterocycles. The quantitative estimate of drug-likeness (QED) is 0.513. The number of hydroxylamine groups is 2. The first kappa shape index (κ1) is 12.3. The van der Waals surface area contributed by atoms with Crippen molar-refractivity contribution in [1.82, 2.24) is 10.4 Å². The molecule has 88 valence electrons. The molecular formula is C10H20N2O3. The van der Waals surface area contributed by atoms with E-state index < -0.39 is 11.7 Å². The van der Waals surface area contributed by atoms with E-state index in [1.165, 1.54) is 0 Å². The molecule has 1 aliphatic rings. The smallest absolute Gasteiger partial charge is 0.434 e. The number of nitrogens with one attached hydrogen (secondary N) is 1. The molecule has 5 heteroatoms. The van der Waals surface area contributed by atoms with E-state index in [-0.39, 0.29) is 6.04 Å². The molecule has 0 bridgehead atoms. The molecule has 5 nitrogen and oxygen atoms in total. The van der Waals surface area contributed by atoms with E-state index in [1.54, 1.807) is 20.8 Å². The van der Waals surface area contributed by atoms with Crippen LogP contribution in [0.25, 0.3) is 0 Å². The van der Waals surface area contributed by atoms with Crippen molar-refractivity contribution in [2.24, 2.45) is 0 Å². The highest BCUT2D eigenvalue weighted by Crippen LogP contribution is 2.14. The summed E-state index contributed by atoms with van der Waals surface area (Å²) in [5, 5.41) is 13.5. The number of carbonyl (C=O) groups excluding carboxylic acids is 1. The Bertz CT molecular complexity index is 219. The summed E-state index contributed by atoms with van der Waals surface area (Å²) in [5.74, 6) is 0. The van der Waals surface area contributed by atoms with Crippen LogP contribution in [0, 0.1) is 0 Å². The lowest BCUT2D eigenvalue weighted by molar-refractivity contribution is -0.125. The van der Waals surface area contributed by atoms with Gasteiger partial charge in [-0.15, -0.1) is 0 Å². The number of piperidine rings is 1. The van der Waals surface area contributed by atoms with Gasteiger partial charge in [0.2, 0.25) is 0 Å². The lowest BCUT2D eigenvalue weighted by Gasteiger charge is -2.31. The summed E-state index contributed by atoms with van der Waals surface area (Å²) in [7, 11) is 0. The van der Waals surface area contributed by atoms with E-state index in [1.807, 2.05) is 0 Å². The maximum absolute atomic E-state index is 11.5. The Labute approximate surface area is 90.4 Å². The Morgan fingerprint density at radius 2 is 1.93 bits per heavy atom. The van der Waals surface area contributed by atoms with Crippen LogP contribution in [0.4, 0.5) is 4.79 Å². The van der Waals surface area contributed by atoms with Crippen LogP contribution in [0.3, 0.4) is 0 Å². The van der Waals surface area contributed by atoms with Crippen LogP contribution in [0.2, 0.25) is 0 Å². The molecule has 0 saturated carbocycles. The van der Waals surface area contributed by atoms with Gasteiger partial charge in [-0.25, -0.2) is 4.79 Å². The van der Waals surface area contributed by atoms with Crippen LogP contribution in [0.15, 0.2) is 0 Å². The van der Waals surface area contributed by atoms with Crippen LogP contribution < -0.4 is 5.32 Å². The first-order valence-corrected chi connectivity index (χ1v) is 5.32. The molecule has 1 fully saturated rings. The summed E-state index contributed by atoms with van der Waals surface area (Å²) in [4.78, 5) is 11.5. The van der Waals surface area contributed by atoms with Crippen molar-refractivity contribution in [3.63, 3.8) is 0 Å². The van der Waals surface area contributed by atoms with Gasteiger partial charge in [0.15, 0.2) is 0 Å². The van der Waals surface area contributed by atoms with Gasteiger partial charge in [0.25, 0.3) is 0 Å². The van der Waals surface area contributed by atoms with Crippen LogP contribution in [-0.2, 0) is 4.74 Å². The molecule has 1 amide bonds. The van der Waals surface area contributed by atoms with Crippen molar-refractivity contribution >= 4 is 6.09 Å². The minimum atomic E-state index is -0.658. The summed E-state index contributed by atoms with van der Waals surface area (Å²) >= 11 is 0. The summed E-state index contributed by atoms with van der Waals surface area (Å²) < 4.78 is 5.07. The monoisotopic (exact) mass is 216 g/mol. The standard InChI is InChI=1S/C10H20N2O3/c1-10(2,3)15-9(13)12(14)8-4-6-11-7-5-8/h8,11,14H,4-7H2,1-3H3. The Hall–Kier alpha value is -0.810. The molecule has 0 aromatic heterocycles. The number of amides is 1. The van der Waals surface area contributed by atoms with Crippen molar-refractivity contribution < 1.29 is 14.7 Å². The largest absolute Gasteiger partial charge is 0.442 e. The van der Waals surface area contributed by atoms with Crippen LogP contribution in [-0.4, -0.2) is 41.1 Å². The number of hydrogen-bond acceptors (Lipinski definition) is 4. The number of hydrogen-bond donors (Lipinski definition) is 2. The lowest BCUT2D eigenvalue weighted by Crippen LogP contribution is -2.46. The number of nitrogens with zero attached hydrogens (tertiary/aromatic N) is 1. The van der Waals surface area contributed by atoms with Gasteiger partial charge >= 0.3 is 6.09 Å². The van der Waals surface area contributed by atoms with Gasteiger partial charge in [0.1, 0.15) is 5.60 Å². The third-order valence-electron chi connectivity index (χ3n) is 2.24. The molecule has 1 aliphatic heterocycles. The number of rotatable bonds is 1. The zero-order chi connectivity index (χ0) is 11.5. The Balaban J connectivity index is 2.44. The number of carbonyl (C=O) groups is 1. The van der Waals surface area contributed by atoms with Gasteiger partial charge in [-0.3, -0.25) is 5.21 Å². The van der Waals surface area contributed by atoms with Crippen molar-refractivity contribution in [1.29, 1.82) is 0 Å². The molecule has 1 saturated heterocycles. The van der Waals surface area contributed by atoms with Gasteiger partial charge in [0, 0.05) is 0 Å². The summed E-state index contributed by atoms with van der Waals surface area (Å²) in [6.45, 7) is 6.98. The van der Waals surface area contributed by atoms with Crippen molar-refractivity contribution in [3.8, 4) is 0 Å². The maximum Gasteiger partial charge on any atom is 0.434 e. The first-order chi connectivity index (χ1) is 6.90. The first-order valence-electron chi connectivity index (χ1n) is 5.32. The van der Waals surface area contributed by atoms with Crippen molar-refractivity contribution in [2.75, 3.05) is 13.1 Å². The molecule has 2 N–H and O–H groups in total. The molecule has 0 spiro atoms. The van der Waals surface area contributed by atoms with Crippen molar-refractivity contribution in [3.05, 3.63) is 0 Å². The second-order valence-corrected chi connectivity index (χ2v) is 4.81. The second kappa shape index (κ2) is 4.81. The average Bonchev–Trinajstić information content (AvgIpc) is 2.15. The molecular weight excluding hydrogens is 196 g/mol. The van der Waals surface area contributed by atoms with Gasteiger partial charge in [-0.05, 0) is 46.7 Å². The molecule has 0 unspecified atom stereocenters. The van der Waals surface area contributed by atoms with Crippen LogP contribution >= 0.6 is 0 Å². The predicted octanol–water partition coefficient (Wildman–Crippen LogP) is 1.36. The minimum absolute atomic E-state index is 0.124. The van der Waals surface area contributed by atoms with E-state index in [4.69, 9.17) is 4.74 Å². The fourth-order valence-electron chi connectivity index (χ4n) is 1.51. The third-order valence-corrected chi connectivity index (χ3v) is 2.24. The second-order valence-electron chi connectivity index (χ2n) is 4.81. The molecule has 0 aromatic rings. The zero-order valence-electron chi connectivity index (χ0n) is 9.62. The highest BCUT2D eigenvalue weighted by atomic mass is 16.6. The SMILES string of the molecule is CC(C)(C)OC(=O)N(O)C1CCNCC1. The molecule has 1 rings (SSSR count). The molecule has 0 aromatic carbocycles. The summed E-state index contributed by atoms with van der Waals surface area (Å²) in [6.07, 6.45) is 0.861. The zero-order valence-corrected chi connectivity index (χ0v) is 9.62. The highest BCUT2D eigenvalue weighted by Gasteiger charge is 2.28. The molecule has 15 heavy (non-hydrogen) atoms. The minimum Gasteiger partial charge on any atom is -0.442 e. The normalized spacial score (nSPS) is 18.7. The van der Waals surface area contributed by atoms with Crippen molar-refractivity contribution in [2.45, 2.75) is 45.3 Å². The molecule has 0 atom stereocenters. The summed E-state index contributed by atoms with van der Waals surface area (Å²) in [6, 6.07) is -0.124. The third kappa shape index (κ3) is 4.05. The van der Waals surface area contributed by atoms with E-state index >= 15 is 0 Å². The fraction of sp³-hybridized carbons (Fsp3) is 0.900. The fourth-order valence-corrected chi connectivity index (χ4v) is 1.51. The number of ether oxygens (including phenoxy) is 1. The average molecular weight is 216 g/mol. The van der Waals surface area contributed by atoms with E-state index in [0.717, 1.165) is 31.0 Å². The van der Waals surface area contributed by atoms with Gasteiger partial charge in [-0.1, -0.05) is 0 Å². The summed E-state index contributed by atoms with van der Waals surface area (Å²) in [5.41, 5.74) is -0.565.